The summed E-state index contributed by atoms with van der Waals surface area (Å²) in [5, 5.41) is 6.56. The number of hydrogen-bond acceptors (Lipinski definition) is 6. The summed E-state index contributed by atoms with van der Waals surface area (Å²) >= 11 is 6.32. The number of halogens is 1. The number of rotatable bonds is 3. The van der Waals surface area contributed by atoms with Crippen LogP contribution in [-0.2, 0) is 11.8 Å². The molecule has 140 valence electrons. The molecule has 0 spiro atoms. The minimum absolute atomic E-state index is 0.0658. The number of anilines is 1. The number of oxazole rings is 1. The number of alkyl halides is 1. The molecule has 2 aliphatic rings. The maximum absolute atomic E-state index is 12.5. The normalized spacial score (nSPS) is 29.9. The van der Waals surface area contributed by atoms with Crippen LogP contribution in [0.15, 0.2) is 15.4 Å². The van der Waals surface area contributed by atoms with Gasteiger partial charge in [-0.15, -0.1) is 11.6 Å². The van der Waals surface area contributed by atoms with E-state index >= 15 is 0 Å². The van der Waals surface area contributed by atoms with Gasteiger partial charge in [0.15, 0.2) is 11.2 Å². The number of nitrogens with zero attached hydrogens (tertiary/aromatic N) is 3. The number of carbonyl (C=O) groups excluding carboxylic acids is 1. The highest BCUT2D eigenvalue weighted by atomic mass is 35.5. The van der Waals surface area contributed by atoms with Crippen molar-refractivity contribution >= 4 is 34.7 Å². The van der Waals surface area contributed by atoms with E-state index in [4.69, 9.17) is 16.0 Å². The van der Waals surface area contributed by atoms with E-state index in [1.807, 2.05) is 6.92 Å². The molecule has 3 heterocycles. The highest BCUT2D eigenvalue weighted by Crippen LogP contribution is 2.36. The van der Waals surface area contributed by atoms with Crippen LogP contribution in [0.4, 0.5) is 5.95 Å². The Balaban J connectivity index is 1.50. The van der Waals surface area contributed by atoms with Gasteiger partial charge >= 0.3 is 5.76 Å². The molecule has 2 aromatic heterocycles. The number of piperidine rings is 1. The maximum atomic E-state index is 12.5. The third kappa shape index (κ3) is 3.06. The second-order valence-electron chi connectivity index (χ2n) is 7.37. The molecule has 1 aliphatic heterocycles. The fraction of sp³-hybridized carbons (Fsp3) is 0.647. The molecule has 0 radical (unpaired) electrons. The Bertz CT molecular complexity index is 894. The fourth-order valence-electron chi connectivity index (χ4n) is 4.11. The van der Waals surface area contributed by atoms with Crippen molar-refractivity contribution in [3.05, 3.63) is 16.7 Å². The molecule has 2 aromatic rings. The minimum Gasteiger partial charge on any atom is -0.404 e. The topological polar surface area (TPSA) is 102 Å². The molecule has 2 fully saturated rings. The summed E-state index contributed by atoms with van der Waals surface area (Å²) in [5.74, 6) is 0.193. The van der Waals surface area contributed by atoms with Crippen molar-refractivity contribution in [1.29, 1.82) is 0 Å². The SMILES string of the molecule is C[C@H](Nc1ncc2oc(=O)n(C)c2n1)C1CC2CC(Cl)CCC2NC1=O. The van der Waals surface area contributed by atoms with Crippen molar-refractivity contribution in [2.45, 2.75) is 50.1 Å². The molecular formula is C17H22ClN5O3. The van der Waals surface area contributed by atoms with E-state index < -0.39 is 5.76 Å². The number of amides is 1. The van der Waals surface area contributed by atoms with E-state index in [2.05, 4.69) is 20.6 Å². The van der Waals surface area contributed by atoms with Gasteiger partial charge in [0.1, 0.15) is 0 Å². The summed E-state index contributed by atoms with van der Waals surface area (Å²) < 4.78 is 6.37. The van der Waals surface area contributed by atoms with Crippen LogP contribution in [0.2, 0.25) is 0 Å². The van der Waals surface area contributed by atoms with Gasteiger partial charge < -0.3 is 15.1 Å². The summed E-state index contributed by atoms with van der Waals surface area (Å²) in [5.41, 5.74) is 0.759. The second kappa shape index (κ2) is 6.57. The van der Waals surface area contributed by atoms with E-state index in [-0.39, 0.29) is 29.3 Å². The average molecular weight is 380 g/mol. The molecule has 5 atom stereocenters. The monoisotopic (exact) mass is 379 g/mol. The van der Waals surface area contributed by atoms with E-state index in [0.717, 1.165) is 25.7 Å². The Kier molecular flexibility index (Phi) is 4.38. The van der Waals surface area contributed by atoms with Crippen molar-refractivity contribution in [3.63, 3.8) is 0 Å². The molecule has 2 N–H and O–H groups in total. The van der Waals surface area contributed by atoms with E-state index in [0.29, 0.717) is 23.1 Å². The lowest BCUT2D eigenvalue weighted by Crippen LogP contribution is -2.55. The number of aromatic nitrogens is 3. The van der Waals surface area contributed by atoms with Crippen LogP contribution in [0.1, 0.15) is 32.6 Å². The molecule has 0 bridgehead atoms. The molecule has 9 heteroatoms. The first-order chi connectivity index (χ1) is 12.4. The summed E-state index contributed by atoms with van der Waals surface area (Å²) in [4.78, 5) is 32.7. The number of fused-ring (bicyclic) bond motifs is 2. The second-order valence-corrected chi connectivity index (χ2v) is 7.99. The number of carbonyl (C=O) groups is 1. The van der Waals surface area contributed by atoms with Gasteiger partial charge in [-0.3, -0.25) is 9.36 Å². The van der Waals surface area contributed by atoms with Crippen LogP contribution in [0.5, 0.6) is 0 Å². The van der Waals surface area contributed by atoms with Crippen molar-refractivity contribution in [2.75, 3.05) is 5.32 Å². The molecule has 4 unspecified atom stereocenters. The predicted octanol–water partition coefficient (Wildman–Crippen LogP) is 1.63. The van der Waals surface area contributed by atoms with Crippen LogP contribution in [0, 0.1) is 11.8 Å². The Hall–Kier alpha value is -2.09. The zero-order valence-electron chi connectivity index (χ0n) is 14.7. The molecule has 8 nitrogen and oxygen atoms in total. The zero-order chi connectivity index (χ0) is 18.4. The van der Waals surface area contributed by atoms with Crippen molar-refractivity contribution in [3.8, 4) is 0 Å². The van der Waals surface area contributed by atoms with Gasteiger partial charge in [0.25, 0.3) is 0 Å². The molecular weight excluding hydrogens is 358 g/mol. The molecule has 1 saturated heterocycles. The molecule has 1 amide bonds. The van der Waals surface area contributed by atoms with Gasteiger partial charge in [-0.25, -0.2) is 9.78 Å². The van der Waals surface area contributed by atoms with Crippen LogP contribution in [-0.4, -0.2) is 37.9 Å². The zero-order valence-corrected chi connectivity index (χ0v) is 15.5. The highest BCUT2D eigenvalue weighted by molar-refractivity contribution is 6.20. The summed E-state index contributed by atoms with van der Waals surface area (Å²) in [6.45, 7) is 1.95. The number of aryl methyl sites for hydroxylation is 1. The maximum Gasteiger partial charge on any atom is 0.420 e. The highest BCUT2D eigenvalue weighted by Gasteiger charge is 2.41. The third-order valence-electron chi connectivity index (χ3n) is 5.62. The third-order valence-corrected chi connectivity index (χ3v) is 6.02. The smallest absolute Gasteiger partial charge is 0.404 e. The molecule has 0 aromatic carbocycles. The quantitative estimate of drug-likeness (QED) is 0.786. The Morgan fingerprint density at radius 2 is 2.19 bits per heavy atom. The standard InChI is InChI=1S/C17H22ClN5O3/c1-8(11-6-9-5-10(18)3-4-12(9)21-15(11)24)20-16-19-7-13-14(22-16)23(2)17(25)26-13/h7-12H,3-6H2,1-2H3,(H,21,24)(H,19,20,22)/t8-,9?,10?,11?,12?/m0/s1. The Morgan fingerprint density at radius 1 is 1.38 bits per heavy atom. The molecule has 26 heavy (non-hydrogen) atoms. The first-order valence-corrected chi connectivity index (χ1v) is 9.39. The van der Waals surface area contributed by atoms with Crippen molar-refractivity contribution < 1.29 is 9.21 Å². The Morgan fingerprint density at radius 3 is 3.00 bits per heavy atom. The van der Waals surface area contributed by atoms with E-state index in [9.17, 15) is 9.59 Å². The Labute approximate surface area is 155 Å². The molecule has 1 saturated carbocycles. The first kappa shape index (κ1) is 17.3. The summed E-state index contributed by atoms with van der Waals surface area (Å²) in [6, 6.07) is 0.0991. The van der Waals surface area contributed by atoms with Gasteiger partial charge in [0.05, 0.1) is 12.1 Å². The number of nitrogens with one attached hydrogen (secondary N) is 2. The average Bonchev–Trinajstić information content (AvgIpc) is 2.89. The predicted molar refractivity (Wildman–Crippen MR) is 97.1 cm³/mol. The van der Waals surface area contributed by atoms with Crippen molar-refractivity contribution in [2.24, 2.45) is 18.9 Å². The molecule has 4 rings (SSSR count). The van der Waals surface area contributed by atoms with Gasteiger partial charge in [-0.1, -0.05) is 0 Å². The van der Waals surface area contributed by atoms with Gasteiger partial charge in [0, 0.05) is 24.5 Å². The molecule has 1 aliphatic carbocycles. The van der Waals surface area contributed by atoms with Gasteiger partial charge in [0.2, 0.25) is 11.9 Å². The lowest BCUT2D eigenvalue weighted by Gasteiger charge is -2.42. The van der Waals surface area contributed by atoms with Crippen LogP contribution >= 0.6 is 11.6 Å². The minimum atomic E-state index is -0.481. The summed E-state index contributed by atoms with van der Waals surface area (Å²) in [7, 11) is 1.59. The lowest BCUT2D eigenvalue weighted by molar-refractivity contribution is -0.130. The van der Waals surface area contributed by atoms with Gasteiger partial charge in [-0.05, 0) is 38.5 Å². The van der Waals surface area contributed by atoms with Crippen LogP contribution in [0.25, 0.3) is 11.2 Å². The van der Waals surface area contributed by atoms with E-state index in [1.54, 1.807) is 7.05 Å². The van der Waals surface area contributed by atoms with Gasteiger partial charge in [-0.2, -0.15) is 4.98 Å². The van der Waals surface area contributed by atoms with E-state index in [1.165, 1.54) is 10.8 Å². The fourth-order valence-corrected chi connectivity index (χ4v) is 4.46. The first-order valence-electron chi connectivity index (χ1n) is 8.96. The summed E-state index contributed by atoms with van der Waals surface area (Å²) in [6.07, 6.45) is 5.12. The van der Waals surface area contributed by atoms with Crippen molar-refractivity contribution in [1.82, 2.24) is 19.9 Å². The van der Waals surface area contributed by atoms with Crippen LogP contribution in [0.3, 0.4) is 0 Å². The number of hydrogen-bond donors (Lipinski definition) is 2. The largest absolute Gasteiger partial charge is 0.420 e. The lowest BCUT2D eigenvalue weighted by atomic mass is 9.74. The van der Waals surface area contributed by atoms with Crippen LogP contribution < -0.4 is 16.4 Å².